The van der Waals surface area contributed by atoms with E-state index in [4.69, 9.17) is 11.6 Å². The molecule has 6 nitrogen and oxygen atoms in total. The normalized spacial score (nSPS) is 16.0. The van der Waals surface area contributed by atoms with Crippen molar-refractivity contribution < 1.29 is 9.90 Å². The minimum absolute atomic E-state index is 0.0290. The zero-order valence-electron chi connectivity index (χ0n) is 16.3. The fourth-order valence-electron chi connectivity index (χ4n) is 3.70. The van der Waals surface area contributed by atoms with E-state index in [1.807, 2.05) is 18.2 Å². The Balaban J connectivity index is 1.30. The maximum absolute atomic E-state index is 12.6. The lowest BCUT2D eigenvalue weighted by Gasteiger charge is -2.38. The van der Waals surface area contributed by atoms with E-state index < -0.39 is 5.60 Å². The van der Waals surface area contributed by atoms with Crippen LogP contribution in [0.5, 0.6) is 0 Å². The summed E-state index contributed by atoms with van der Waals surface area (Å²) in [5.41, 5.74) is 0.392. The predicted octanol–water partition coefficient (Wildman–Crippen LogP) is 3.32. The average molecular weight is 444 g/mol. The molecule has 0 radical (unpaired) electrons. The lowest BCUT2D eigenvalue weighted by Crippen LogP contribution is -2.45. The first kappa shape index (κ1) is 20.9. The molecule has 1 aliphatic rings. The van der Waals surface area contributed by atoms with Gasteiger partial charge in [0.15, 0.2) is 0 Å². The van der Waals surface area contributed by atoms with Crippen LogP contribution in [-0.2, 0) is 16.1 Å². The molecule has 2 N–H and O–H groups in total. The number of para-hydroxylation sites is 1. The number of hydrogen-bond donors (Lipinski definition) is 2. The van der Waals surface area contributed by atoms with Crippen molar-refractivity contribution in [3.05, 3.63) is 75.3 Å². The molecule has 0 unspecified atom stereocenters. The monoisotopic (exact) mass is 443 g/mol. The Morgan fingerprint density at radius 1 is 1.17 bits per heavy atom. The van der Waals surface area contributed by atoms with Gasteiger partial charge in [-0.2, -0.15) is 0 Å². The SMILES string of the molecule is O=C(CSCc1nc2ccccc2c(=O)[nH]1)N1CCC(O)(c2ccc(Cl)cc2)CC1. The van der Waals surface area contributed by atoms with Crippen molar-refractivity contribution in [2.75, 3.05) is 18.8 Å². The molecule has 156 valence electrons. The summed E-state index contributed by atoms with van der Waals surface area (Å²) >= 11 is 7.35. The van der Waals surface area contributed by atoms with Gasteiger partial charge in [0.1, 0.15) is 5.82 Å². The van der Waals surface area contributed by atoms with Crippen molar-refractivity contribution in [3.8, 4) is 0 Å². The molecule has 3 aromatic rings. The number of carbonyl (C=O) groups is 1. The van der Waals surface area contributed by atoms with E-state index >= 15 is 0 Å². The average Bonchev–Trinajstić information content (AvgIpc) is 2.74. The fourth-order valence-corrected chi connectivity index (χ4v) is 4.62. The Labute approximate surface area is 183 Å². The quantitative estimate of drug-likeness (QED) is 0.631. The number of fused-ring (bicyclic) bond motifs is 1. The summed E-state index contributed by atoms with van der Waals surface area (Å²) in [6, 6.07) is 14.4. The molecule has 2 heterocycles. The van der Waals surface area contributed by atoms with Crippen LogP contribution in [0.4, 0.5) is 0 Å². The molecule has 1 aromatic heterocycles. The zero-order chi connectivity index (χ0) is 21.1. The van der Waals surface area contributed by atoms with Gasteiger partial charge in [-0.25, -0.2) is 4.98 Å². The van der Waals surface area contributed by atoms with Crippen LogP contribution in [0.25, 0.3) is 10.9 Å². The van der Waals surface area contributed by atoms with Crippen LogP contribution >= 0.6 is 23.4 Å². The lowest BCUT2D eigenvalue weighted by molar-refractivity contribution is -0.132. The van der Waals surface area contributed by atoms with Crippen LogP contribution in [0.1, 0.15) is 24.2 Å². The van der Waals surface area contributed by atoms with Crippen molar-refractivity contribution >= 4 is 40.2 Å². The summed E-state index contributed by atoms with van der Waals surface area (Å²) in [5, 5.41) is 12.1. The summed E-state index contributed by atoms with van der Waals surface area (Å²) in [6.45, 7) is 1.01. The smallest absolute Gasteiger partial charge is 0.258 e. The summed E-state index contributed by atoms with van der Waals surface area (Å²) in [7, 11) is 0. The highest BCUT2D eigenvalue weighted by molar-refractivity contribution is 7.99. The summed E-state index contributed by atoms with van der Waals surface area (Å²) in [4.78, 5) is 33.7. The first-order valence-corrected chi connectivity index (χ1v) is 11.3. The molecule has 0 atom stereocenters. The van der Waals surface area contributed by atoms with Crippen LogP contribution in [0.3, 0.4) is 0 Å². The topological polar surface area (TPSA) is 86.3 Å². The van der Waals surface area contributed by atoms with Gasteiger partial charge in [-0.15, -0.1) is 11.8 Å². The van der Waals surface area contributed by atoms with Crippen LogP contribution in [-0.4, -0.2) is 44.7 Å². The van der Waals surface area contributed by atoms with Crippen molar-refractivity contribution in [3.63, 3.8) is 0 Å². The second kappa shape index (κ2) is 8.79. The Morgan fingerprint density at radius 2 is 1.87 bits per heavy atom. The predicted molar refractivity (Wildman–Crippen MR) is 120 cm³/mol. The summed E-state index contributed by atoms with van der Waals surface area (Å²) in [5.74, 6) is 1.35. The van der Waals surface area contributed by atoms with Gasteiger partial charge in [-0.1, -0.05) is 35.9 Å². The number of thioether (sulfide) groups is 1. The van der Waals surface area contributed by atoms with Gasteiger partial charge < -0.3 is 15.0 Å². The zero-order valence-corrected chi connectivity index (χ0v) is 17.9. The number of amides is 1. The van der Waals surface area contributed by atoms with Gasteiger partial charge in [-0.05, 0) is 42.7 Å². The minimum Gasteiger partial charge on any atom is -0.385 e. The number of H-pyrrole nitrogens is 1. The Hall–Kier alpha value is -2.35. The number of carbonyl (C=O) groups excluding carboxylic acids is 1. The number of aromatic nitrogens is 2. The molecule has 8 heteroatoms. The maximum atomic E-state index is 12.6. The third kappa shape index (κ3) is 4.53. The first-order chi connectivity index (χ1) is 14.4. The number of halogens is 1. The van der Waals surface area contributed by atoms with Gasteiger partial charge in [0, 0.05) is 18.1 Å². The van der Waals surface area contributed by atoms with Crippen LogP contribution < -0.4 is 5.56 Å². The third-order valence-electron chi connectivity index (χ3n) is 5.45. The second-order valence-electron chi connectivity index (χ2n) is 7.44. The highest BCUT2D eigenvalue weighted by Crippen LogP contribution is 2.33. The van der Waals surface area contributed by atoms with Gasteiger partial charge in [0.2, 0.25) is 5.91 Å². The molecule has 4 rings (SSSR count). The van der Waals surface area contributed by atoms with Crippen LogP contribution in [0.2, 0.25) is 5.02 Å². The highest BCUT2D eigenvalue weighted by atomic mass is 35.5. The highest BCUT2D eigenvalue weighted by Gasteiger charge is 2.35. The molecule has 0 spiro atoms. The van der Waals surface area contributed by atoms with Crippen LogP contribution in [0, 0.1) is 0 Å². The Morgan fingerprint density at radius 3 is 2.60 bits per heavy atom. The number of aromatic amines is 1. The molecule has 0 bridgehead atoms. The second-order valence-corrected chi connectivity index (χ2v) is 8.86. The molecule has 30 heavy (non-hydrogen) atoms. The number of benzene rings is 2. The summed E-state index contributed by atoms with van der Waals surface area (Å²) in [6.07, 6.45) is 0.981. The number of nitrogens with one attached hydrogen (secondary N) is 1. The molecular formula is C22H22ClN3O3S. The van der Waals surface area contributed by atoms with E-state index in [2.05, 4.69) is 9.97 Å². The molecular weight excluding hydrogens is 422 g/mol. The van der Waals surface area contributed by atoms with Gasteiger partial charge in [0.05, 0.1) is 28.0 Å². The molecule has 2 aromatic carbocycles. The molecule has 0 saturated carbocycles. The van der Waals surface area contributed by atoms with Gasteiger partial charge >= 0.3 is 0 Å². The molecule has 0 aliphatic carbocycles. The van der Waals surface area contributed by atoms with E-state index in [9.17, 15) is 14.7 Å². The van der Waals surface area contributed by atoms with Crippen LogP contribution in [0.15, 0.2) is 53.3 Å². The molecule has 1 aliphatic heterocycles. The van der Waals surface area contributed by atoms with E-state index in [0.717, 1.165) is 5.56 Å². The van der Waals surface area contributed by atoms with Crippen molar-refractivity contribution in [1.29, 1.82) is 0 Å². The maximum Gasteiger partial charge on any atom is 0.258 e. The largest absolute Gasteiger partial charge is 0.385 e. The summed E-state index contributed by atoms with van der Waals surface area (Å²) < 4.78 is 0. The number of piperidine rings is 1. The number of hydrogen-bond acceptors (Lipinski definition) is 5. The van der Waals surface area contributed by atoms with Gasteiger partial charge in [-0.3, -0.25) is 9.59 Å². The van der Waals surface area contributed by atoms with Crippen molar-refractivity contribution in [2.45, 2.75) is 24.2 Å². The Bertz CT molecular complexity index is 1110. The van der Waals surface area contributed by atoms with E-state index in [0.29, 0.717) is 59.2 Å². The lowest BCUT2D eigenvalue weighted by atomic mass is 9.84. The fraction of sp³-hybridized carbons (Fsp3) is 0.318. The number of nitrogens with zero attached hydrogens (tertiary/aromatic N) is 2. The van der Waals surface area contributed by atoms with E-state index in [1.165, 1.54) is 11.8 Å². The van der Waals surface area contributed by atoms with E-state index in [-0.39, 0.29) is 11.5 Å². The minimum atomic E-state index is -0.928. The standard InChI is InChI=1S/C22H22ClN3O3S/c23-16-7-5-15(6-8-16)22(29)9-11-26(12-10-22)20(27)14-30-13-19-24-18-4-2-1-3-17(18)21(28)25-19/h1-8,29H,9-14H2,(H,24,25,28). The number of likely N-dealkylation sites (tertiary alicyclic amines) is 1. The third-order valence-corrected chi connectivity index (χ3v) is 6.63. The molecule has 1 amide bonds. The Kier molecular flexibility index (Phi) is 6.13. The molecule has 1 fully saturated rings. The van der Waals surface area contributed by atoms with Crippen molar-refractivity contribution in [1.82, 2.24) is 14.9 Å². The number of aliphatic hydroxyl groups is 1. The number of rotatable bonds is 5. The van der Waals surface area contributed by atoms with Crippen molar-refractivity contribution in [2.24, 2.45) is 0 Å². The van der Waals surface area contributed by atoms with Gasteiger partial charge in [0.25, 0.3) is 5.56 Å². The van der Waals surface area contributed by atoms with E-state index in [1.54, 1.807) is 35.2 Å². The molecule has 1 saturated heterocycles. The first-order valence-electron chi connectivity index (χ1n) is 9.76.